The van der Waals surface area contributed by atoms with Crippen molar-refractivity contribution in [2.24, 2.45) is 0 Å². The molecule has 0 amide bonds. The molecule has 0 aliphatic heterocycles. The molecule has 120 valence electrons. The number of rotatable bonds is 4. The monoisotopic (exact) mass is 323 g/mol. The number of nitro benzene ring substituents is 1. The quantitative estimate of drug-likeness (QED) is 0.585. The number of non-ortho nitro benzene ring substituents is 1. The van der Waals surface area contributed by atoms with Gasteiger partial charge in [-0.1, -0.05) is 29.8 Å². The molecular weight excluding hydrogens is 310 g/mol. The van der Waals surface area contributed by atoms with Gasteiger partial charge in [-0.25, -0.2) is 9.48 Å². The first-order chi connectivity index (χ1) is 11.5. The highest BCUT2D eigenvalue weighted by atomic mass is 16.6. The zero-order valence-electron chi connectivity index (χ0n) is 12.7. The van der Waals surface area contributed by atoms with Crippen LogP contribution in [0.15, 0.2) is 54.6 Å². The van der Waals surface area contributed by atoms with E-state index >= 15 is 0 Å². The zero-order chi connectivity index (χ0) is 17.3. The fraction of sp³-hybridized carbons (Fsp3) is 0.0588. The van der Waals surface area contributed by atoms with Crippen LogP contribution in [-0.2, 0) is 0 Å². The summed E-state index contributed by atoms with van der Waals surface area (Å²) < 4.78 is 1.47. The minimum Gasteiger partial charge on any atom is -0.476 e. The van der Waals surface area contributed by atoms with Crippen LogP contribution in [0.5, 0.6) is 0 Å². The van der Waals surface area contributed by atoms with Gasteiger partial charge in [0.1, 0.15) is 0 Å². The Labute approximate surface area is 136 Å². The lowest BCUT2D eigenvalue weighted by atomic mass is 10.1. The van der Waals surface area contributed by atoms with Crippen LogP contribution in [0.4, 0.5) is 5.69 Å². The van der Waals surface area contributed by atoms with Gasteiger partial charge in [0.05, 0.1) is 16.3 Å². The van der Waals surface area contributed by atoms with Crippen molar-refractivity contribution in [1.82, 2.24) is 9.78 Å². The van der Waals surface area contributed by atoms with Crippen molar-refractivity contribution in [3.05, 3.63) is 76.0 Å². The highest BCUT2D eigenvalue weighted by Crippen LogP contribution is 2.25. The Kier molecular flexibility index (Phi) is 3.83. The number of carboxylic acids is 1. The molecule has 0 unspecified atom stereocenters. The summed E-state index contributed by atoms with van der Waals surface area (Å²) in [5.74, 6) is -1.14. The number of carbonyl (C=O) groups is 1. The zero-order valence-corrected chi connectivity index (χ0v) is 12.7. The van der Waals surface area contributed by atoms with Crippen LogP contribution in [0.3, 0.4) is 0 Å². The number of nitrogens with zero attached hydrogens (tertiary/aromatic N) is 3. The summed E-state index contributed by atoms with van der Waals surface area (Å²) in [5, 5.41) is 24.1. The molecule has 1 heterocycles. The third kappa shape index (κ3) is 2.87. The molecule has 0 aliphatic rings. The number of aromatic nitrogens is 2. The first-order valence-electron chi connectivity index (χ1n) is 7.11. The summed E-state index contributed by atoms with van der Waals surface area (Å²) in [6, 6.07) is 14.9. The van der Waals surface area contributed by atoms with Gasteiger partial charge in [0.25, 0.3) is 5.69 Å². The fourth-order valence-electron chi connectivity index (χ4n) is 2.33. The van der Waals surface area contributed by atoms with Crippen molar-refractivity contribution in [1.29, 1.82) is 0 Å². The second-order valence-corrected chi connectivity index (χ2v) is 5.27. The van der Waals surface area contributed by atoms with Crippen molar-refractivity contribution >= 4 is 11.7 Å². The van der Waals surface area contributed by atoms with Crippen LogP contribution in [0.25, 0.3) is 16.9 Å². The van der Waals surface area contributed by atoms with Gasteiger partial charge in [-0.15, -0.1) is 0 Å². The van der Waals surface area contributed by atoms with Gasteiger partial charge in [-0.3, -0.25) is 10.1 Å². The first-order valence-corrected chi connectivity index (χ1v) is 7.11. The van der Waals surface area contributed by atoms with E-state index in [0.717, 1.165) is 11.1 Å². The minimum absolute atomic E-state index is 0.0405. The molecule has 7 nitrogen and oxygen atoms in total. The Morgan fingerprint density at radius 3 is 2.29 bits per heavy atom. The van der Waals surface area contributed by atoms with Crippen molar-refractivity contribution in [2.75, 3.05) is 0 Å². The van der Waals surface area contributed by atoms with Crippen LogP contribution >= 0.6 is 0 Å². The fourth-order valence-corrected chi connectivity index (χ4v) is 2.33. The molecule has 3 rings (SSSR count). The Balaban J connectivity index is 2.13. The van der Waals surface area contributed by atoms with Crippen molar-refractivity contribution in [3.63, 3.8) is 0 Å². The van der Waals surface area contributed by atoms with Gasteiger partial charge in [-0.05, 0) is 25.1 Å². The predicted octanol–water partition coefficient (Wildman–Crippen LogP) is 3.45. The minimum atomic E-state index is -1.14. The molecule has 3 aromatic rings. The molecule has 0 bridgehead atoms. The largest absolute Gasteiger partial charge is 0.476 e. The maximum atomic E-state index is 11.3. The van der Waals surface area contributed by atoms with Gasteiger partial charge < -0.3 is 5.11 Å². The van der Waals surface area contributed by atoms with E-state index in [1.54, 1.807) is 0 Å². The third-order valence-corrected chi connectivity index (χ3v) is 3.58. The summed E-state index contributed by atoms with van der Waals surface area (Å²) in [6.07, 6.45) is 0. The average Bonchev–Trinajstić information content (AvgIpc) is 3.01. The molecule has 1 N–H and O–H groups in total. The Morgan fingerprint density at radius 1 is 1.12 bits per heavy atom. The smallest absolute Gasteiger partial charge is 0.356 e. The molecule has 2 aromatic carbocycles. The summed E-state index contributed by atoms with van der Waals surface area (Å²) in [7, 11) is 0. The van der Waals surface area contributed by atoms with Crippen molar-refractivity contribution < 1.29 is 14.8 Å². The Hall–Kier alpha value is -3.48. The topological polar surface area (TPSA) is 98.3 Å². The number of hydrogen-bond donors (Lipinski definition) is 1. The molecule has 0 fully saturated rings. The van der Waals surface area contributed by atoms with E-state index < -0.39 is 10.9 Å². The average molecular weight is 323 g/mol. The highest BCUT2D eigenvalue weighted by Gasteiger charge is 2.16. The highest BCUT2D eigenvalue weighted by molar-refractivity contribution is 5.87. The first kappa shape index (κ1) is 15.4. The Morgan fingerprint density at radius 2 is 1.75 bits per heavy atom. The Bertz CT molecular complexity index is 912. The van der Waals surface area contributed by atoms with Crippen LogP contribution in [0, 0.1) is 17.0 Å². The molecule has 0 aliphatic carbocycles. The maximum absolute atomic E-state index is 11.3. The number of hydrogen-bond acceptors (Lipinski definition) is 4. The number of aryl methyl sites for hydroxylation is 1. The van der Waals surface area contributed by atoms with E-state index in [-0.39, 0.29) is 11.4 Å². The lowest BCUT2D eigenvalue weighted by molar-refractivity contribution is -0.384. The number of carboxylic acid groups (broad SMARTS) is 1. The van der Waals surface area contributed by atoms with Gasteiger partial charge in [-0.2, -0.15) is 5.10 Å². The number of nitro groups is 1. The van der Waals surface area contributed by atoms with E-state index in [2.05, 4.69) is 5.10 Å². The van der Waals surface area contributed by atoms with Crippen LogP contribution in [-0.4, -0.2) is 25.8 Å². The standard InChI is InChI=1S/C17H13N3O4/c1-11-2-4-12(5-3-11)16-10-15(17(21)22)18-19(16)13-6-8-14(9-7-13)20(23)24/h2-10H,1H3,(H,21,22). The molecule has 24 heavy (non-hydrogen) atoms. The van der Waals surface area contributed by atoms with E-state index in [4.69, 9.17) is 0 Å². The number of benzene rings is 2. The van der Waals surface area contributed by atoms with Crippen LogP contribution < -0.4 is 0 Å². The summed E-state index contributed by atoms with van der Waals surface area (Å²) in [4.78, 5) is 21.5. The van der Waals surface area contributed by atoms with E-state index in [1.807, 2.05) is 31.2 Å². The lowest BCUT2D eigenvalue weighted by Gasteiger charge is -2.07. The second-order valence-electron chi connectivity index (χ2n) is 5.27. The molecular formula is C17H13N3O4. The molecule has 0 saturated carbocycles. The van der Waals surface area contributed by atoms with Gasteiger partial charge in [0.15, 0.2) is 5.69 Å². The molecule has 0 saturated heterocycles. The summed E-state index contributed by atoms with van der Waals surface area (Å²) >= 11 is 0. The third-order valence-electron chi connectivity index (χ3n) is 3.58. The van der Waals surface area contributed by atoms with Crippen LogP contribution in [0.1, 0.15) is 16.1 Å². The number of aromatic carboxylic acids is 1. The van der Waals surface area contributed by atoms with Crippen LogP contribution in [0.2, 0.25) is 0 Å². The molecule has 0 radical (unpaired) electrons. The van der Waals surface area contributed by atoms with E-state index in [9.17, 15) is 20.0 Å². The normalized spacial score (nSPS) is 10.5. The van der Waals surface area contributed by atoms with Crippen molar-refractivity contribution in [2.45, 2.75) is 6.92 Å². The second kappa shape index (κ2) is 5.96. The van der Waals surface area contributed by atoms with Gasteiger partial charge in [0.2, 0.25) is 0 Å². The molecule has 0 atom stereocenters. The van der Waals surface area contributed by atoms with Crippen molar-refractivity contribution in [3.8, 4) is 16.9 Å². The molecule has 1 aromatic heterocycles. The molecule has 0 spiro atoms. The van der Waals surface area contributed by atoms with Gasteiger partial charge >= 0.3 is 5.97 Å². The predicted molar refractivity (Wildman–Crippen MR) is 87.4 cm³/mol. The van der Waals surface area contributed by atoms with E-state index in [0.29, 0.717) is 11.4 Å². The van der Waals surface area contributed by atoms with Gasteiger partial charge in [0, 0.05) is 17.7 Å². The lowest BCUT2D eigenvalue weighted by Crippen LogP contribution is -2.02. The SMILES string of the molecule is Cc1ccc(-c2cc(C(=O)O)nn2-c2ccc([N+](=O)[O-])cc2)cc1. The summed E-state index contributed by atoms with van der Waals surface area (Å²) in [6.45, 7) is 1.96. The molecule has 7 heteroatoms. The maximum Gasteiger partial charge on any atom is 0.356 e. The van der Waals surface area contributed by atoms with E-state index in [1.165, 1.54) is 35.0 Å². The summed E-state index contributed by atoms with van der Waals surface area (Å²) in [5.41, 5.74) is 2.90.